The molecule has 32 heavy (non-hydrogen) atoms. The normalized spacial score (nSPS) is 9.62. The lowest BCUT2D eigenvalue weighted by molar-refractivity contribution is -0.138. The van der Waals surface area contributed by atoms with Crippen molar-refractivity contribution in [1.29, 1.82) is 15.8 Å². The van der Waals surface area contributed by atoms with Crippen LogP contribution in [0.4, 0.5) is 13.2 Å². The van der Waals surface area contributed by atoms with Gasteiger partial charge in [0.25, 0.3) is 0 Å². The fraction of sp³-hybridized carbons (Fsp3) is 0.160. The van der Waals surface area contributed by atoms with Crippen LogP contribution in [0, 0.1) is 54.8 Å². The minimum absolute atomic E-state index is 0.0259. The van der Waals surface area contributed by atoms with E-state index in [1.54, 1.807) is 12.1 Å². The van der Waals surface area contributed by atoms with Crippen LogP contribution in [0.3, 0.4) is 0 Å². The highest BCUT2D eigenvalue weighted by Crippen LogP contribution is 2.32. The summed E-state index contributed by atoms with van der Waals surface area (Å²) < 4.78 is 37.8. The third-order valence-electron chi connectivity index (χ3n) is 4.15. The van der Waals surface area contributed by atoms with E-state index >= 15 is 0 Å². The van der Waals surface area contributed by atoms with Gasteiger partial charge in [0.05, 0.1) is 40.5 Å². The fourth-order valence-electron chi connectivity index (χ4n) is 2.29. The Labute approximate surface area is 194 Å². The van der Waals surface area contributed by atoms with Gasteiger partial charge in [-0.3, -0.25) is 0 Å². The Morgan fingerprint density at radius 3 is 1.53 bits per heavy atom. The van der Waals surface area contributed by atoms with Crippen molar-refractivity contribution in [2.24, 2.45) is 0 Å². The molecule has 0 saturated heterocycles. The molecule has 3 rings (SSSR count). The van der Waals surface area contributed by atoms with E-state index in [0.717, 1.165) is 21.7 Å². The summed E-state index contributed by atoms with van der Waals surface area (Å²) in [6, 6.07) is 22.3. The molecule has 0 heterocycles. The molecule has 0 saturated carbocycles. The first-order valence-corrected chi connectivity index (χ1v) is 10.0. The molecule has 0 aliphatic heterocycles. The molecular weight excluding hydrogens is 479 g/mol. The standard InChI is InChI=1S/C9H6F3N.C8H6BrN.C8H7N/c1-6-2-3-7(5-13)4-8(6)9(10,11)12;1-6-2-3-7(5-10)4-8(6)9;1-7-2-4-8(6-9)5-3-7/h2-4H,1H3;2-4H,1H3;2-5H,1H3. The number of nitrogens with zero attached hydrogens (tertiary/aromatic N) is 3. The number of rotatable bonds is 0. The van der Waals surface area contributed by atoms with Crippen LogP contribution in [0.15, 0.2) is 65.1 Å². The second-order valence-corrected chi connectivity index (χ2v) is 7.55. The Bertz CT molecular complexity index is 1180. The van der Waals surface area contributed by atoms with Crippen molar-refractivity contribution in [3.8, 4) is 18.2 Å². The average Bonchev–Trinajstić information content (AvgIpc) is 2.76. The largest absolute Gasteiger partial charge is 0.416 e. The van der Waals surface area contributed by atoms with Gasteiger partial charge in [0.15, 0.2) is 0 Å². The smallest absolute Gasteiger partial charge is 0.192 e. The highest BCUT2D eigenvalue weighted by molar-refractivity contribution is 9.10. The maximum Gasteiger partial charge on any atom is 0.416 e. The molecule has 3 aromatic rings. The molecule has 0 aliphatic rings. The quantitative estimate of drug-likeness (QED) is 0.325. The van der Waals surface area contributed by atoms with E-state index in [-0.39, 0.29) is 11.1 Å². The SMILES string of the molecule is Cc1ccc(C#N)cc1.Cc1ccc(C#N)cc1Br.Cc1ccc(C#N)cc1C(F)(F)F. The predicted molar refractivity (Wildman–Crippen MR) is 120 cm³/mol. The number of aryl methyl sites for hydroxylation is 3. The second kappa shape index (κ2) is 12.3. The van der Waals surface area contributed by atoms with Crippen molar-refractivity contribution in [2.45, 2.75) is 26.9 Å². The van der Waals surface area contributed by atoms with Gasteiger partial charge in [-0.15, -0.1) is 0 Å². The first-order valence-electron chi connectivity index (χ1n) is 9.22. The van der Waals surface area contributed by atoms with Crippen molar-refractivity contribution < 1.29 is 13.2 Å². The topological polar surface area (TPSA) is 71.4 Å². The molecule has 0 spiro atoms. The van der Waals surface area contributed by atoms with Crippen molar-refractivity contribution >= 4 is 15.9 Å². The summed E-state index contributed by atoms with van der Waals surface area (Å²) in [6.45, 7) is 5.36. The number of alkyl halides is 3. The number of nitriles is 3. The van der Waals surface area contributed by atoms with Gasteiger partial charge in [0.1, 0.15) is 0 Å². The van der Waals surface area contributed by atoms with Crippen LogP contribution in [0.5, 0.6) is 0 Å². The van der Waals surface area contributed by atoms with Gasteiger partial charge in [0.2, 0.25) is 0 Å². The fourth-order valence-corrected chi connectivity index (χ4v) is 2.67. The third-order valence-corrected chi connectivity index (χ3v) is 5.01. The van der Waals surface area contributed by atoms with E-state index in [1.807, 2.05) is 50.2 Å². The van der Waals surface area contributed by atoms with Crippen LogP contribution in [0.1, 0.15) is 38.9 Å². The summed E-state index contributed by atoms with van der Waals surface area (Å²) in [4.78, 5) is 0. The zero-order valence-corrected chi connectivity index (χ0v) is 19.2. The Morgan fingerprint density at radius 2 is 1.09 bits per heavy atom. The second-order valence-electron chi connectivity index (χ2n) is 6.69. The monoisotopic (exact) mass is 497 g/mol. The Morgan fingerprint density at radius 1 is 0.656 bits per heavy atom. The molecule has 0 amide bonds. The van der Waals surface area contributed by atoms with Crippen molar-refractivity contribution in [1.82, 2.24) is 0 Å². The molecule has 0 bridgehead atoms. The molecule has 162 valence electrons. The Kier molecular flexibility index (Phi) is 10.2. The Balaban J connectivity index is 0.000000245. The number of hydrogen-bond donors (Lipinski definition) is 0. The van der Waals surface area contributed by atoms with Gasteiger partial charge in [-0.25, -0.2) is 0 Å². The molecule has 0 aliphatic carbocycles. The zero-order chi connectivity index (χ0) is 24.3. The molecule has 0 aromatic heterocycles. The Hall–Kier alpha value is -3.60. The molecule has 0 atom stereocenters. The van der Waals surface area contributed by atoms with Crippen LogP contribution < -0.4 is 0 Å². The maximum atomic E-state index is 12.3. The first kappa shape index (κ1) is 26.4. The predicted octanol–water partition coefficient (Wildman–Crippen LogP) is 7.38. The van der Waals surface area contributed by atoms with Crippen molar-refractivity contribution in [3.63, 3.8) is 0 Å². The van der Waals surface area contributed by atoms with Gasteiger partial charge in [-0.1, -0.05) is 45.8 Å². The molecule has 0 radical (unpaired) electrons. The van der Waals surface area contributed by atoms with E-state index in [0.29, 0.717) is 5.56 Å². The summed E-state index contributed by atoms with van der Waals surface area (Å²) >= 11 is 3.34. The van der Waals surface area contributed by atoms with Crippen LogP contribution in [-0.2, 0) is 6.18 Å². The lowest BCUT2D eigenvalue weighted by atomic mass is 10.1. The van der Waals surface area contributed by atoms with Crippen LogP contribution in [0.2, 0.25) is 0 Å². The zero-order valence-electron chi connectivity index (χ0n) is 17.6. The molecule has 0 unspecified atom stereocenters. The molecule has 0 fully saturated rings. The minimum atomic E-state index is -4.38. The average molecular weight is 498 g/mol. The number of hydrogen-bond acceptors (Lipinski definition) is 3. The molecule has 3 aromatic carbocycles. The van der Waals surface area contributed by atoms with Gasteiger partial charge in [-0.05, 0) is 68.3 Å². The van der Waals surface area contributed by atoms with E-state index in [1.165, 1.54) is 24.6 Å². The lowest BCUT2D eigenvalue weighted by Gasteiger charge is -2.09. The van der Waals surface area contributed by atoms with Crippen LogP contribution in [0.25, 0.3) is 0 Å². The highest BCUT2D eigenvalue weighted by atomic mass is 79.9. The molecule has 3 nitrogen and oxygen atoms in total. The first-order chi connectivity index (χ1) is 15.0. The third kappa shape index (κ3) is 8.64. The molecule has 0 N–H and O–H groups in total. The van der Waals surface area contributed by atoms with Crippen molar-refractivity contribution in [2.75, 3.05) is 0 Å². The van der Waals surface area contributed by atoms with Gasteiger partial charge < -0.3 is 0 Å². The van der Waals surface area contributed by atoms with Crippen LogP contribution >= 0.6 is 15.9 Å². The van der Waals surface area contributed by atoms with Gasteiger partial charge in [0, 0.05) is 4.47 Å². The molecular formula is C25H19BrF3N3. The summed E-state index contributed by atoms with van der Waals surface area (Å²) in [5.74, 6) is 0. The summed E-state index contributed by atoms with van der Waals surface area (Å²) in [5.41, 5.74) is 3.17. The number of halogens is 4. The summed E-state index contributed by atoms with van der Waals surface area (Å²) in [5, 5.41) is 25.3. The van der Waals surface area contributed by atoms with Gasteiger partial charge >= 0.3 is 6.18 Å². The van der Waals surface area contributed by atoms with E-state index in [9.17, 15) is 13.2 Å². The lowest BCUT2D eigenvalue weighted by Crippen LogP contribution is -2.07. The van der Waals surface area contributed by atoms with E-state index in [4.69, 9.17) is 15.8 Å². The number of benzene rings is 3. The minimum Gasteiger partial charge on any atom is -0.192 e. The molecule has 7 heteroatoms. The summed E-state index contributed by atoms with van der Waals surface area (Å²) in [6.07, 6.45) is -4.38. The summed E-state index contributed by atoms with van der Waals surface area (Å²) in [7, 11) is 0. The highest BCUT2D eigenvalue weighted by Gasteiger charge is 2.32. The van der Waals surface area contributed by atoms with E-state index in [2.05, 4.69) is 28.1 Å². The maximum absolute atomic E-state index is 12.3. The van der Waals surface area contributed by atoms with Crippen molar-refractivity contribution in [3.05, 3.63) is 104 Å². The van der Waals surface area contributed by atoms with Gasteiger partial charge in [-0.2, -0.15) is 29.0 Å². The van der Waals surface area contributed by atoms with Crippen LogP contribution in [-0.4, -0.2) is 0 Å². The van der Waals surface area contributed by atoms with E-state index < -0.39 is 11.7 Å².